The number of halogens is 2. The monoisotopic (exact) mass is 667 g/mol. The van der Waals surface area contributed by atoms with Gasteiger partial charge in [-0.1, -0.05) is 27.2 Å². The molecule has 0 saturated heterocycles. The Balaban J connectivity index is 2.14. The van der Waals surface area contributed by atoms with E-state index in [9.17, 15) is 14.7 Å². The minimum absolute atomic E-state index is 0.215. The maximum absolute atomic E-state index is 12.6. The van der Waals surface area contributed by atoms with Gasteiger partial charge < -0.3 is 14.4 Å². The van der Waals surface area contributed by atoms with Crippen molar-refractivity contribution in [3.8, 4) is 0 Å². The van der Waals surface area contributed by atoms with Crippen LogP contribution < -0.4 is 5.32 Å². The Kier molecular flexibility index (Phi) is 11.4. The molecule has 0 aliphatic heterocycles. The predicted molar refractivity (Wildman–Crippen MR) is 141 cm³/mol. The number of aliphatic carboxylic acids is 1. The lowest BCUT2D eigenvalue weighted by molar-refractivity contribution is -0.148. The predicted octanol–water partition coefficient (Wildman–Crippen LogP) is 4.48. The van der Waals surface area contributed by atoms with E-state index in [0.717, 1.165) is 31.2 Å². The molecule has 2 N–H and O–H groups in total. The molecule has 0 aliphatic rings. The Bertz CT molecular complexity index is 881. The van der Waals surface area contributed by atoms with E-state index < -0.39 is 18.1 Å². The van der Waals surface area contributed by atoms with Gasteiger partial charge in [-0.05, 0) is 87.7 Å². The number of carbonyl (C=O) groups excluding carboxylic acids is 1. The molecule has 0 radical (unpaired) electrons. The Labute approximate surface area is 217 Å². The highest BCUT2D eigenvalue weighted by Gasteiger charge is 2.29. The van der Waals surface area contributed by atoms with E-state index in [4.69, 9.17) is 4.74 Å². The fourth-order valence-corrected chi connectivity index (χ4v) is 5.42. The molecule has 0 aliphatic carbocycles. The normalized spacial score (nSPS) is 13.2. The summed E-state index contributed by atoms with van der Waals surface area (Å²) in [6.07, 6.45) is 5.84. The topological polar surface area (TPSA) is 93.5 Å². The minimum atomic E-state index is -1.00. The number of carboxylic acid groups (broad SMARTS) is 1. The minimum Gasteiger partial charge on any atom is -0.480 e. The van der Waals surface area contributed by atoms with E-state index in [1.54, 1.807) is 12.5 Å². The number of esters is 1. The van der Waals surface area contributed by atoms with Gasteiger partial charge in [0.15, 0.2) is 0 Å². The van der Waals surface area contributed by atoms with Gasteiger partial charge in [0.2, 0.25) is 0 Å². The second-order valence-corrected chi connectivity index (χ2v) is 10.7. The van der Waals surface area contributed by atoms with E-state index >= 15 is 0 Å². The maximum atomic E-state index is 12.6. The van der Waals surface area contributed by atoms with Crippen LogP contribution in [0.15, 0.2) is 30.7 Å². The molecule has 2 unspecified atom stereocenters. The summed E-state index contributed by atoms with van der Waals surface area (Å²) in [4.78, 5) is 28.9. The van der Waals surface area contributed by atoms with Gasteiger partial charge in [0.05, 0.1) is 12.9 Å². The van der Waals surface area contributed by atoms with Gasteiger partial charge in [-0.15, -0.1) is 0 Å². The fourth-order valence-electron chi connectivity index (χ4n) is 3.35. The second kappa shape index (κ2) is 13.5. The third-order valence-electron chi connectivity index (χ3n) is 4.92. The van der Waals surface area contributed by atoms with E-state index in [0.29, 0.717) is 19.6 Å². The van der Waals surface area contributed by atoms with Gasteiger partial charge >= 0.3 is 11.9 Å². The van der Waals surface area contributed by atoms with Crippen molar-refractivity contribution in [3.05, 3.63) is 49.1 Å². The maximum Gasteiger partial charge on any atom is 0.323 e. The van der Waals surface area contributed by atoms with Gasteiger partial charge in [0.1, 0.15) is 12.1 Å². The van der Waals surface area contributed by atoms with Gasteiger partial charge in [0, 0.05) is 32.0 Å². The molecule has 32 heavy (non-hydrogen) atoms. The number of nitrogens with zero attached hydrogens (tertiary/aromatic N) is 2. The molecule has 1 aromatic carbocycles. The average molecular weight is 667 g/mol. The first kappa shape index (κ1) is 27.0. The molecule has 9 heteroatoms. The molecule has 0 saturated carbocycles. The number of hydrogen-bond donors (Lipinski definition) is 2. The third-order valence-corrected chi connectivity index (χ3v) is 6.17. The van der Waals surface area contributed by atoms with Gasteiger partial charge in [-0.2, -0.15) is 0 Å². The fraction of sp³-hybridized carbons (Fsp3) is 0.522. The zero-order valence-corrected chi connectivity index (χ0v) is 23.0. The van der Waals surface area contributed by atoms with Crippen molar-refractivity contribution in [2.24, 2.45) is 5.92 Å². The zero-order valence-electron chi connectivity index (χ0n) is 18.7. The average Bonchev–Trinajstić information content (AvgIpc) is 3.12. The first-order valence-electron chi connectivity index (χ1n) is 10.8. The number of carboxylic acids is 1. The summed E-state index contributed by atoms with van der Waals surface area (Å²) in [5.41, 5.74) is 1.92. The van der Waals surface area contributed by atoms with Crippen LogP contribution in [0.1, 0.15) is 51.3 Å². The molecule has 2 rings (SSSR count). The number of unbranched alkanes of at least 4 members (excludes halogenated alkanes) is 1. The van der Waals surface area contributed by atoms with Gasteiger partial charge in [-0.25, -0.2) is 4.98 Å². The lowest BCUT2D eigenvalue weighted by Gasteiger charge is -2.24. The first-order valence-corrected chi connectivity index (χ1v) is 12.9. The quantitative estimate of drug-likeness (QED) is 0.186. The van der Waals surface area contributed by atoms with Crippen LogP contribution >= 0.6 is 45.2 Å². The number of rotatable bonds is 13. The molecule has 176 valence electrons. The van der Waals surface area contributed by atoms with E-state index in [1.807, 2.05) is 25.3 Å². The summed E-state index contributed by atoms with van der Waals surface area (Å²) in [6, 6.07) is 4.71. The molecule has 2 aromatic rings. The van der Waals surface area contributed by atoms with Gasteiger partial charge in [0.25, 0.3) is 0 Å². The lowest BCUT2D eigenvalue weighted by Crippen LogP contribution is -2.49. The first-order chi connectivity index (χ1) is 15.2. The van der Waals surface area contributed by atoms with Crippen LogP contribution in [0.4, 0.5) is 0 Å². The van der Waals surface area contributed by atoms with Crippen LogP contribution in [0, 0.1) is 13.1 Å². The van der Waals surface area contributed by atoms with Crippen molar-refractivity contribution in [3.63, 3.8) is 0 Å². The standard InChI is InChI=1S/C23H31I2N3O4/c1-4-5-6-32-23(31)21(7-15(2)3)27-20(22(29)30)11-19-12-26-14-28(19)13-16-8-17(24)10-18(25)9-16/h8-10,12,14-15,20-21,27H,4-7,11,13H2,1-3H3,(H,29,30). The molecule has 2 atom stereocenters. The summed E-state index contributed by atoms with van der Waals surface area (Å²) in [5, 5.41) is 12.9. The Morgan fingerprint density at radius 3 is 2.47 bits per heavy atom. The highest BCUT2D eigenvalue weighted by molar-refractivity contribution is 14.1. The smallest absolute Gasteiger partial charge is 0.323 e. The van der Waals surface area contributed by atoms with Crippen LogP contribution in [0.2, 0.25) is 0 Å². The van der Waals surface area contributed by atoms with Crippen LogP contribution in [0.3, 0.4) is 0 Å². The Morgan fingerprint density at radius 1 is 1.19 bits per heavy atom. The molecule has 1 aromatic heterocycles. The Morgan fingerprint density at radius 2 is 1.88 bits per heavy atom. The molecule has 0 spiro atoms. The number of nitrogens with one attached hydrogen (secondary N) is 1. The van der Waals surface area contributed by atoms with Crippen molar-refractivity contribution in [2.45, 2.75) is 65.1 Å². The summed E-state index contributed by atoms with van der Waals surface area (Å²) < 4.78 is 9.62. The summed E-state index contributed by atoms with van der Waals surface area (Å²) in [7, 11) is 0. The number of hydrogen-bond acceptors (Lipinski definition) is 5. The lowest BCUT2D eigenvalue weighted by atomic mass is 10.0. The number of benzene rings is 1. The summed E-state index contributed by atoms with van der Waals surface area (Å²) >= 11 is 4.58. The van der Waals surface area contributed by atoms with E-state index in [2.05, 4.69) is 73.7 Å². The van der Waals surface area contributed by atoms with E-state index in [1.165, 1.54) is 0 Å². The number of aromatic nitrogens is 2. The second-order valence-electron chi connectivity index (χ2n) is 8.26. The molecule has 1 heterocycles. The van der Waals surface area contributed by atoms with Gasteiger partial charge in [-0.3, -0.25) is 14.9 Å². The number of ether oxygens (including phenoxy) is 1. The highest BCUT2D eigenvalue weighted by atomic mass is 127. The molecular formula is C23H31I2N3O4. The molecule has 0 fully saturated rings. The van der Waals surface area contributed by atoms with Crippen LogP contribution in [-0.4, -0.2) is 45.3 Å². The highest BCUT2D eigenvalue weighted by Crippen LogP contribution is 2.17. The van der Waals surface area contributed by atoms with Crippen molar-refractivity contribution in [1.29, 1.82) is 0 Å². The number of carbonyl (C=O) groups is 2. The van der Waals surface area contributed by atoms with Crippen molar-refractivity contribution < 1.29 is 19.4 Å². The SMILES string of the molecule is CCCCOC(=O)C(CC(C)C)NC(Cc1cncn1Cc1cc(I)cc(I)c1)C(=O)O. The summed E-state index contributed by atoms with van der Waals surface area (Å²) in [5.74, 6) is -1.17. The third kappa shape index (κ3) is 8.97. The van der Waals surface area contributed by atoms with E-state index in [-0.39, 0.29) is 18.3 Å². The van der Waals surface area contributed by atoms with Crippen LogP contribution in [0.5, 0.6) is 0 Å². The molecule has 0 amide bonds. The molecule has 0 bridgehead atoms. The van der Waals surface area contributed by atoms with Crippen molar-refractivity contribution in [2.75, 3.05) is 6.61 Å². The van der Waals surface area contributed by atoms with Crippen LogP contribution in [0.25, 0.3) is 0 Å². The largest absolute Gasteiger partial charge is 0.480 e. The molecular weight excluding hydrogens is 636 g/mol. The Hall–Kier alpha value is -1.21. The van der Waals surface area contributed by atoms with Crippen molar-refractivity contribution >= 4 is 57.1 Å². The summed E-state index contributed by atoms with van der Waals surface area (Å²) in [6.45, 7) is 6.98. The van der Waals surface area contributed by atoms with Crippen LogP contribution in [-0.2, 0) is 27.3 Å². The number of imidazole rings is 1. The zero-order chi connectivity index (χ0) is 23.7. The molecule has 7 nitrogen and oxygen atoms in total. The van der Waals surface area contributed by atoms with Crippen molar-refractivity contribution in [1.82, 2.24) is 14.9 Å².